The fraction of sp³-hybridized carbons (Fsp3) is 0.308. The highest BCUT2D eigenvalue weighted by Gasteiger charge is 2.48. The molecule has 0 radical (unpaired) electrons. The van der Waals surface area contributed by atoms with Gasteiger partial charge in [0.2, 0.25) is 5.91 Å². The number of nitrogens with one attached hydrogen (secondary N) is 1. The van der Waals surface area contributed by atoms with Gasteiger partial charge in [-0.15, -0.1) is 0 Å². The van der Waals surface area contributed by atoms with Gasteiger partial charge in [-0.3, -0.25) is 9.59 Å². The van der Waals surface area contributed by atoms with Gasteiger partial charge in [-0.05, 0) is 25.0 Å². The van der Waals surface area contributed by atoms with Crippen molar-refractivity contribution in [1.29, 1.82) is 0 Å². The number of anilines is 1. The topological polar surface area (TPSA) is 104 Å². The summed E-state index contributed by atoms with van der Waals surface area (Å²) in [7, 11) is 0. The summed E-state index contributed by atoms with van der Waals surface area (Å²) in [5.41, 5.74) is 0.771. The largest absolute Gasteiger partial charge is 0.481 e. The Kier molecular flexibility index (Phi) is 3.25. The fourth-order valence-electron chi connectivity index (χ4n) is 2.04. The van der Waals surface area contributed by atoms with Gasteiger partial charge in [-0.1, -0.05) is 12.1 Å². The summed E-state index contributed by atoms with van der Waals surface area (Å²) in [6.07, 6.45) is 0.301. The number of hydrogen-bond acceptors (Lipinski definition) is 3. The first-order valence-electron chi connectivity index (χ1n) is 5.78. The number of hydrogen-bond donors (Lipinski definition) is 3. The van der Waals surface area contributed by atoms with Gasteiger partial charge in [0, 0.05) is 0 Å². The van der Waals surface area contributed by atoms with E-state index < -0.39 is 29.7 Å². The van der Waals surface area contributed by atoms with Gasteiger partial charge in [0.05, 0.1) is 23.1 Å². The van der Waals surface area contributed by atoms with Crippen LogP contribution in [0.4, 0.5) is 5.69 Å². The zero-order chi connectivity index (χ0) is 14.2. The summed E-state index contributed by atoms with van der Waals surface area (Å²) in [6.45, 7) is 1.64. The van der Waals surface area contributed by atoms with E-state index in [-0.39, 0.29) is 11.3 Å². The smallest absolute Gasteiger partial charge is 0.338 e. The van der Waals surface area contributed by atoms with Gasteiger partial charge in [-0.25, -0.2) is 4.79 Å². The summed E-state index contributed by atoms with van der Waals surface area (Å²) in [4.78, 5) is 33.6. The second-order valence-electron chi connectivity index (χ2n) is 4.58. The Labute approximate surface area is 109 Å². The number of aromatic carboxylic acids is 1. The van der Waals surface area contributed by atoms with Crippen molar-refractivity contribution in [1.82, 2.24) is 0 Å². The highest BCUT2D eigenvalue weighted by Crippen LogP contribution is 2.39. The van der Waals surface area contributed by atoms with Crippen LogP contribution in [-0.4, -0.2) is 28.1 Å². The van der Waals surface area contributed by atoms with Crippen LogP contribution in [0.2, 0.25) is 0 Å². The molecule has 0 spiro atoms. The van der Waals surface area contributed by atoms with Crippen LogP contribution in [-0.2, 0) is 9.59 Å². The number of aliphatic carboxylic acids is 1. The van der Waals surface area contributed by atoms with Crippen LogP contribution in [0, 0.1) is 18.8 Å². The number of benzene rings is 1. The highest BCUT2D eigenvalue weighted by molar-refractivity contribution is 6.04. The molecule has 6 heteroatoms. The van der Waals surface area contributed by atoms with Gasteiger partial charge in [0.1, 0.15) is 0 Å². The number of amides is 1. The molecule has 0 bridgehead atoms. The molecule has 1 aliphatic carbocycles. The molecule has 2 rings (SSSR count). The van der Waals surface area contributed by atoms with Crippen molar-refractivity contribution in [3.63, 3.8) is 0 Å². The molecule has 1 aromatic rings. The first-order chi connectivity index (χ1) is 8.91. The molecule has 2 atom stereocenters. The van der Waals surface area contributed by atoms with Crippen LogP contribution in [0.25, 0.3) is 0 Å². The van der Waals surface area contributed by atoms with E-state index >= 15 is 0 Å². The van der Waals surface area contributed by atoms with E-state index in [1.807, 2.05) is 0 Å². The molecule has 0 aliphatic heterocycles. The Morgan fingerprint density at radius 3 is 2.42 bits per heavy atom. The average molecular weight is 263 g/mol. The van der Waals surface area contributed by atoms with Crippen LogP contribution >= 0.6 is 0 Å². The van der Waals surface area contributed by atoms with E-state index in [2.05, 4.69) is 5.32 Å². The Morgan fingerprint density at radius 1 is 1.21 bits per heavy atom. The fourth-order valence-corrected chi connectivity index (χ4v) is 2.04. The van der Waals surface area contributed by atoms with Gasteiger partial charge < -0.3 is 15.5 Å². The third kappa shape index (κ3) is 2.57. The van der Waals surface area contributed by atoms with Crippen molar-refractivity contribution in [2.45, 2.75) is 13.3 Å². The van der Waals surface area contributed by atoms with Gasteiger partial charge in [-0.2, -0.15) is 0 Å². The number of carboxylic acid groups (broad SMARTS) is 2. The lowest BCUT2D eigenvalue weighted by Crippen LogP contribution is -2.19. The molecule has 100 valence electrons. The van der Waals surface area contributed by atoms with Crippen LogP contribution in [0.5, 0.6) is 0 Å². The minimum Gasteiger partial charge on any atom is -0.481 e. The van der Waals surface area contributed by atoms with Crippen molar-refractivity contribution >= 4 is 23.5 Å². The Balaban J connectivity index is 2.16. The molecular formula is C13H13NO5. The zero-order valence-electron chi connectivity index (χ0n) is 10.2. The summed E-state index contributed by atoms with van der Waals surface area (Å²) >= 11 is 0. The zero-order valence-corrected chi connectivity index (χ0v) is 10.2. The monoisotopic (exact) mass is 263 g/mol. The summed E-state index contributed by atoms with van der Waals surface area (Å²) in [6, 6.07) is 4.77. The quantitative estimate of drug-likeness (QED) is 0.760. The van der Waals surface area contributed by atoms with Crippen molar-refractivity contribution in [2.24, 2.45) is 11.8 Å². The third-order valence-electron chi connectivity index (χ3n) is 3.19. The molecule has 0 heterocycles. The number of carbonyl (C=O) groups is 3. The van der Waals surface area contributed by atoms with E-state index in [9.17, 15) is 14.4 Å². The summed E-state index contributed by atoms with van der Waals surface area (Å²) in [5, 5.41) is 20.4. The van der Waals surface area contributed by atoms with Crippen LogP contribution in [0.1, 0.15) is 22.3 Å². The minimum atomic E-state index is -1.13. The van der Waals surface area contributed by atoms with E-state index in [0.717, 1.165) is 0 Å². The molecular weight excluding hydrogens is 250 g/mol. The summed E-state index contributed by atoms with van der Waals surface area (Å²) in [5.74, 6) is -3.79. The van der Waals surface area contributed by atoms with Crippen molar-refractivity contribution < 1.29 is 24.6 Å². The molecule has 6 nitrogen and oxygen atoms in total. The molecule has 1 fully saturated rings. The Morgan fingerprint density at radius 2 is 1.89 bits per heavy atom. The number of aryl methyl sites for hydroxylation is 1. The maximum Gasteiger partial charge on any atom is 0.338 e. The van der Waals surface area contributed by atoms with E-state index in [1.54, 1.807) is 19.1 Å². The molecule has 19 heavy (non-hydrogen) atoms. The Bertz CT molecular complexity index is 566. The molecule has 1 saturated carbocycles. The lowest BCUT2D eigenvalue weighted by molar-refractivity contribution is -0.139. The summed E-state index contributed by atoms with van der Waals surface area (Å²) < 4.78 is 0. The SMILES string of the molecule is Cc1cccc(NC(=O)[C@H]2C[C@@H]2C(=O)O)c1C(=O)O. The molecule has 1 aromatic carbocycles. The molecule has 1 aliphatic rings. The average Bonchev–Trinajstić information content (AvgIpc) is 3.08. The molecule has 1 amide bonds. The van der Waals surface area contributed by atoms with Crippen LogP contribution < -0.4 is 5.32 Å². The number of carboxylic acids is 2. The van der Waals surface area contributed by atoms with Gasteiger partial charge in [0.25, 0.3) is 0 Å². The maximum atomic E-state index is 11.8. The second-order valence-corrected chi connectivity index (χ2v) is 4.58. The standard InChI is InChI=1S/C13H13NO5/c1-6-3-2-4-9(10(6)13(18)19)14-11(15)7-5-8(7)12(16)17/h2-4,7-8H,5H2,1H3,(H,14,15)(H,16,17)(H,18,19)/t7-,8-/m0/s1. The van der Waals surface area contributed by atoms with Crippen molar-refractivity contribution in [2.75, 3.05) is 5.32 Å². The predicted molar refractivity (Wildman–Crippen MR) is 66.0 cm³/mol. The van der Waals surface area contributed by atoms with Crippen molar-refractivity contribution in [3.05, 3.63) is 29.3 Å². The molecule has 0 saturated heterocycles. The van der Waals surface area contributed by atoms with Crippen LogP contribution in [0.15, 0.2) is 18.2 Å². The number of carbonyl (C=O) groups excluding carboxylic acids is 1. The first-order valence-corrected chi connectivity index (χ1v) is 5.78. The van der Waals surface area contributed by atoms with E-state index in [0.29, 0.717) is 12.0 Å². The van der Waals surface area contributed by atoms with E-state index in [4.69, 9.17) is 10.2 Å². The van der Waals surface area contributed by atoms with Crippen LogP contribution in [0.3, 0.4) is 0 Å². The minimum absolute atomic E-state index is 0.0309. The Hall–Kier alpha value is -2.37. The van der Waals surface area contributed by atoms with Gasteiger partial charge >= 0.3 is 11.9 Å². The predicted octanol–water partition coefficient (Wildman–Crippen LogP) is 1.35. The van der Waals surface area contributed by atoms with Crippen molar-refractivity contribution in [3.8, 4) is 0 Å². The number of rotatable bonds is 4. The molecule has 0 unspecified atom stereocenters. The maximum absolute atomic E-state index is 11.8. The molecule has 3 N–H and O–H groups in total. The lowest BCUT2D eigenvalue weighted by Gasteiger charge is -2.10. The second kappa shape index (κ2) is 4.72. The van der Waals surface area contributed by atoms with E-state index in [1.165, 1.54) is 6.07 Å². The third-order valence-corrected chi connectivity index (χ3v) is 3.19. The van der Waals surface area contributed by atoms with Gasteiger partial charge in [0.15, 0.2) is 0 Å². The normalized spacial score (nSPS) is 20.7. The lowest BCUT2D eigenvalue weighted by atomic mass is 10.1. The highest BCUT2D eigenvalue weighted by atomic mass is 16.4. The molecule has 0 aromatic heterocycles. The first kappa shape index (κ1) is 13.1.